The molecule has 0 spiro atoms. The van der Waals surface area contributed by atoms with Crippen molar-refractivity contribution in [2.45, 2.75) is 43.7 Å². The van der Waals surface area contributed by atoms with Gasteiger partial charge in [0.05, 0.1) is 6.61 Å². The number of likely N-dealkylation sites (tertiary alicyclic amines) is 1. The first-order valence-corrected chi connectivity index (χ1v) is 6.45. The number of ether oxygens (including phenoxy) is 1. The van der Waals surface area contributed by atoms with Crippen LogP contribution in [0, 0.1) is 0 Å². The maximum Gasteiger partial charge on any atom is 0.0611 e. The fourth-order valence-corrected chi connectivity index (χ4v) is 2.81. The number of nitrogens with two attached hydrogens (primary N) is 1. The van der Waals surface area contributed by atoms with Crippen LogP contribution >= 0.6 is 0 Å². The topological polar surface area (TPSA) is 58.7 Å². The molecule has 0 saturated carbocycles. The largest absolute Gasteiger partial charge is 0.394 e. The van der Waals surface area contributed by atoms with Gasteiger partial charge in [0.2, 0.25) is 0 Å². The molecular weight excluding hydrogens is 204 g/mol. The van der Waals surface area contributed by atoms with E-state index in [1.807, 2.05) is 0 Å². The Hall–Kier alpha value is -0.160. The molecule has 0 amide bonds. The fourth-order valence-electron chi connectivity index (χ4n) is 2.81. The molecule has 2 rings (SSSR count). The lowest BCUT2D eigenvalue weighted by molar-refractivity contribution is 0.0343. The van der Waals surface area contributed by atoms with E-state index < -0.39 is 0 Å². The molecule has 2 fully saturated rings. The van der Waals surface area contributed by atoms with E-state index in [4.69, 9.17) is 10.5 Å². The summed E-state index contributed by atoms with van der Waals surface area (Å²) in [6.07, 6.45) is 5.27. The number of hydrogen-bond acceptors (Lipinski definition) is 4. The van der Waals surface area contributed by atoms with Gasteiger partial charge in [0, 0.05) is 31.3 Å². The molecule has 0 aromatic carbocycles. The third-order valence-electron chi connectivity index (χ3n) is 4.04. The highest BCUT2D eigenvalue weighted by atomic mass is 16.5. The minimum absolute atomic E-state index is 0.120. The summed E-state index contributed by atoms with van der Waals surface area (Å²) in [5.74, 6) is 0. The Morgan fingerprint density at radius 3 is 2.69 bits per heavy atom. The Labute approximate surface area is 97.7 Å². The SMILES string of the molecule is NC1(CO)CCCN(C2CCOCC2)CC1. The average molecular weight is 228 g/mol. The number of hydrogen-bond donors (Lipinski definition) is 2. The summed E-state index contributed by atoms with van der Waals surface area (Å²) < 4.78 is 5.39. The fraction of sp³-hybridized carbons (Fsp3) is 1.00. The Kier molecular flexibility index (Phi) is 4.19. The molecule has 1 atom stereocenters. The molecule has 0 aliphatic carbocycles. The number of nitrogens with zero attached hydrogens (tertiary/aromatic N) is 1. The molecule has 4 heteroatoms. The third-order valence-corrected chi connectivity index (χ3v) is 4.04. The van der Waals surface area contributed by atoms with Crippen molar-refractivity contribution in [1.82, 2.24) is 4.90 Å². The van der Waals surface area contributed by atoms with Gasteiger partial charge in [-0.25, -0.2) is 0 Å². The number of rotatable bonds is 2. The van der Waals surface area contributed by atoms with Gasteiger partial charge in [0.15, 0.2) is 0 Å². The van der Waals surface area contributed by atoms with Crippen LogP contribution in [-0.2, 0) is 4.74 Å². The Morgan fingerprint density at radius 1 is 1.25 bits per heavy atom. The Balaban J connectivity index is 1.87. The molecule has 0 radical (unpaired) electrons. The van der Waals surface area contributed by atoms with Crippen LogP contribution in [0.25, 0.3) is 0 Å². The average Bonchev–Trinajstić information content (AvgIpc) is 2.53. The standard InChI is InChI=1S/C12H24N2O2/c13-12(10-15)4-1-6-14(7-5-12)11-2-8-16-9-3-11/h11,15H,1-10,13H2. The normalized spacial score (nSPS) is 34.9. The molecule has 2 saturated heterocycles. The highest BCUT2D eigenvalue weighted by Gasteiger charge is 2.30. The summed E-state index contributed by atoms with van der Waals surface area (Å²) in [6, 6.07) is 0.676. The zero-order valence-corrected chi connectivity index (χ0v) is 10.0. The van der Waals surface area contributed by atoms with Crippen molar-refractivity contribution >= 4 is 0 Å². The zero-order chi connectivity index (χ0) is 11.4. The van der Waals surface area contributed by atoms with Crippen molar-refractivity contribution in [2.75, 3.05) is 32.9 Å². The molecule has 94 valence electrons. The highest BCUT2D eigenvalue weighted by molar-refractivity contribution is 4.89. The summed E-state index contributed by atoms with van der Waals surface area (Å²) in [6.45, 7) is 4.07. The maximum absolute atomic E-state index is 9.31. The van der Waals surface area contributed by atoms with Gasteiger partial charge in [-0.2, -0.15) is 0 Å². The molecule has 2 heterocycles. The van der Waals surface area contributed by atoms with E-state index in [1.165, 1.54) is 0 Å². The summed E-state index contributed by atoms with van der Waals surface area (Å²) in [5, 5.41) is 9.31. The van der Waals surface area contributed by atoms with Crippen LogP contribution in [0.15, 0.2) is 0 Å². The first kappa shape index (κ1) is 12.3. The molecule has 1 unspecified atom stereocenters. The Bertz CT molecular complexity index is 219. The van der Waals surface area contributed by atoms with Crippen molar-refractivity contribution in [3.8, 4) is 0 Å². The molecule has 0 bridgehead atoms. The van der Waals surface area contributed by atoms with Crippen molar-refractivity contribution in [1.29, 1.82) is 0 Å². The Morgan fingerprint density at radius 2 is 2.00 bits per heavy atom. The molecule has 2 aliphatic heterocycles. The van der Waals surface area contributed by atoms with Crippen LogP contribution in [0.2, 0.25) is 0 Å². The lowest BCUT2D eigenvalue weighted by Crippen LogP contribution is -2.45. The van der Waals surface area contributed by atoms with Gasteiger partial charge < -0.3 is 20.5 Å². The quantitative estimate of drug-likeness (QED) is 0.715. The summed E-state index contributed by atoms with van der Waals surface area (Å²) in [5.41, 5.74) is 5.82. The van der Waals surface area contributed by atoms with Crippen LogP contribution in [0.4, 0.5) is 0 Å². The second kappa shape index (κ2) is 5.45. The molecule has 16 heavy (non-hydrogen) atoms. The van der Waals surface area contributed by atoms with E-state index in [0.717, 1.165) is 58.4 Å². The van der Waals surface area contributed by atoms with Crippen LogP contribution in [0.5, 0.6) is 0 Å². The molecular formula is C12H24N2O2. The second-order valence-corrected chi connectivity index (χ2v) is 5.25. The number of aliphatic hydroxyl groups is 1. The van der Waals surface area contributed by atoms with E-state index in [1.54, 1.807) is 0 Å². The van der Waals surface area contributed by atoms with E-state index in [9.17, 15) is 5.11 Å². The van der Waals surface area contributed by atoms with Crippen molar-refractivity contribution in [2.24, 2.45) is 5.73 Å². The molecule has 0 aromatic heterocycles. The molecule has 2 aliphatic rings. The van der Waals surface area contributed by atoms with Crippen molar-refractivity contribution < 1.29 is 9.84 Å². The minimum Gasteiger partial charge on any atom is -0.394 e. The predicted molar refractivity (Wildman–Crippen MR) is 63.3 cm³/mol. The lowest BCUT2D eigenvalue weighted by Gasteiger charge is -2.33. The van der Waals surface area contributed by atoms with Crippen molar-refractivity contribution in [3.05, 3.63) is 0 Å². The van der Waals surface area contributed by atoms with Gasteiger partial charge in [-0.3, -0.25) is 0 Å². The van der Waals surface area contributed by atoms with Crippen LogP contribution in [-0.4, -0.2) is 54.5 Å². The molecule has 3 N–H and O–H groups in total. The van der Waals surface area contributed by atoms with E-state index in [2.05, 4.69) is 4.90 Å². The monoisotopic (exact) mass is 228 g/mol. The zero-order valence-electron chi connectivity index (χ0n) is 10.0. The minimum atomic E-state index is -0.333. The van der Waals surface area contributed by atoms with Gasteiger partial charge in [0.25, 0.3) is 0 Å². The lowest BCUT2D eigenvalue weighted by atomic mass is 9.93. The highest BCUT2D eigenvalue weighted by Crippen LogP contribution is 2.23. The van der Waals surface area contributed by atoms with Gasteiger partial charge in [-0.05, 0) is 38.6 Å². The summed E-state index contributed by atoms with van der Waals surface area (Å²) >= 11 is 0. The van der Waals surface area contributed by atoms with E-state index >= 15 is 0 Å². The second-order valence-electron chi connectivity index (χ2n) is 5.25. The number of aliphatic hydroxyl groups excluding tert-OH is 1. The van der Waals surface area contributed by atoms with Crippen LogP contribution < -0.4 is 5.73 Å². The smallest absolute Gasteiger partial charge is 0.0611 e. The summed E-state index contributed by atoms with van der Waals surface area (Å²) in [7, 11) is 0. The van der Waals surface area contributed by atoms with Crippen molar-refractivity contribution in [3.63, 3.8) is 0 Å². The predicted octanol–water partition coefficient (Wildman–Crippen LogP) is 0.341. The van der Waals surface area contributed by atoms with Gasteiger partial charge in [-0.15, -0.1) is 0 Å². The summed E-state index contributed by atoms with van der Waals surface area (Å²) in [4.78, 5) is 2.55. The van der Waals surface area contributed by atoms with Gasteiger partial charge >= 0.3 is 0 Å². The van der Waals surface area contributed by atoms with E-state index in [0.29, 0.717) is 6.04 Å². The van der Waals surface area contributed by atoms with Gasteiger partial charge in [0.1, 0.15) is 0 Å². The van der Waals surface area contributed by atoms with Crippen LogP contribution in [0.1, 0.15) is 32.1 Å². The third kappa shape index (κ3) is 2.94. The maximum atomic E-state index is 9.31. The van der Waals surface area contributed by atoms with Crippen LogP contribution in [0.3, 0.4) is 0 Å². The molecule has 4 nitrogen and oxygen atoms in total. The first-order valence-electron chi connectivity index (χ1n) is 6.45. The van der Waals surface area contributed by atoms with Gasteiger partial charge in [-0.1, -0.05) is 0 Å². The van der Waals surface area contributed by atoms with E-state index in [-0.39, 0.29) is 12.1 Å². The molecule has 0 aromatic rings. The first-order chi connectivity index (χ1) is 7.73.